The van der Waals surface area contributed by atoms with Gasteiger partial charge < -0.3 is 20.1 Å². The summed E-state index contributed by atoms with van der Waals surface area (Å²) in [4.78, 5) is 13.3. The van der Waals surface area contributed by atoms with Crippen LogP contribution in [0.1, 0.15) is 23.3 Å². The van der Waals surface area contributed by atoms with Gasteiger partial charge in [0, 0.05) is 23.4 Å². The highest BCUT2D eigenvalue weighted by atomic mass is 32.1. The van der Waals surface area contributed by atoms with Gasteiger partial charge in [0.1, 0.15) is 0 Å². The molecular weight excluding hydrogens is 324 g/mol. The van der Waals surface area contributed by atoms with Crippen LogP contribution in [-0.2, 0) is 11.8 Å². The Balaban J connectivity index is 1.28. The maximum absolute atomic E-state index is 12.0. The molecule has 126 valence electrons. The van der Waals surface area contributed by atoms with E-state index in [1.54, 1.807) is 11.3 Å². The van der Waals surface area contributed by atoms with Crippen molar-refractivity contribution in [1.29, 1.82) is 0 Å². The van der Waals surface area contributed by atoms with Gasteiger partial charge in [-0.15, -0.1) is 11.3 Å². The second kappa shape index (κ2) is 6.36. The van der Waals surface area contributed by atoms with Crippen LogP contribution in [0.15, 0.2) is 35.7 Å². The van der Waals surface area contributed by atoms with E-state index < -0.39 is 0 Å². The summed E-state index contributed by atoms with van der Waals surface area (Å²) in [6.07, 6.45) is 3.04. The largest absolute Gasteiger partial charge is 0.454 e. The highest BCUT2D eigenvalue weighted by Gasteiger charge is 2.45. The Morgan fingerprint density at radius 3 is 2.83 bits per heavy atom. The summed E-state index contributed by atoms with van der Waals surface area (Å²) in [6.45, 7) is 1.59. The summed E-state index contributed by atoms with van der Waals surface area (Å²) in [7, 11) is 0. The van der Waals surface area contributed by atoms with Crippen LogP contribution >= 0.6 is 11.3 Å². The van der Waals surface area contributed by atoms with Crippen LogP contribution < -0.4 is 20.1 Å². The van der Waals surface area contributed by atoms with Gasteiger partial charge in [-0.3, -0.25) is 0 Å². The van der Waals surface area contributed by atoms with E-state index in [4.69, 9.17) is 9.47 Å². The maximum atomic E-state index is 12.0. The van der Waals surface area contributed by atoms with Gasteiger partial charge >= 0.3 is 6.03 Å². The average Bonchev–Trinajstić information content (AvgIpc) is 2.99. The molecule has 6 heteroatoms. The highest BCUT2D eigenvalue weighted by Crippen LogP contribution is 2.49. The first-order valence-corrected chi connectivity index (χ1v) is 9.07. The molecule has 0 saturated heterocycles. The molecule has 0 spiro atoms. The fourth-order valence-electron chi connectivity index (χ4n) is 3.01. The van der Waals surface area contributed by atoms with Crippen LogP contribution in [0.3, 0.4) is 0 Å². The third-order valence-electron chi connectivity index (χ3n) is 4.66. The molecule has 1 aliphatic carbocycles. The molecule has 0 unspecified atom stereocenters. The minimum absolute atomic E-state index is 0.0477. The van der Waals surface area contributed by atoms with Crippen LogP contribution in [0.25, 0.3) is 0 Å². The van der Waals surface area contributed by atoms with Crippen molar-refractivity contribution < 1.29 is 14.3 Å². The molecule has 5 nitrogen and oxygen atoms in total. The molecule has 2 N–H and O–H groups in total. The summed E-state index contributed by atoms with van der Waals surface area (Å²) in [6, 6.07) is 10.1. The van der Waals surface area contributed by atoms with Gasteiger partial charge in [0.05, 0.1) is 0 Å². The zero-order valence-corrected chi connectivity index (χ0v) is 14.2. The molecule has 1 aliphatic heterocycles. The van der Waals surface area contributed by atoms with Crippen molar-refractivity contribution in [2.24, 2.45) is 0 Å². The zero-order valence-electron chi connectivity index (χ0n) is 13.3. The molecule has 1 saturated carbocycles. The predicted molar refractivity (Wildman–Crippen MR) is 92.9 cm³/mol. The molecule has 1 aromatic heterocycles. The number of benzene rings is 1. The number of rotatable bonds is 6. The van der Waals surface area contributed by atoms with Gasteiger partial charge in [0.25, 0.3) is 0 Å². The van der Waals surface area contributed by atoms with E-state index in [-0.39, 0.29) is 18.2 Å². The smallest absolute Gasteiger partial charge is 0.314 e. The van der Waals surface area contributed by atoms with E-state index in [9.17, 15) is 4.79 Å². The van der Waals surface area contributed by atoms with Crippen LogP contribution in [0.4, 0.5) is 4.79 Å². The normalized spacial score (nSPS) is 16.7. The number of hydrogen-bond acceptors (Lipinski definition) is 4. The molecule has 2 amide bonds. The summed E-state index contributed by atoms with van der Waals surface area (Å²) >= 11 is 1.72. The first kappa shape index (κ1) is 15.3. The zero-order chi connectivity index (χ0) is 16.4. The standard InChI is InChI=1S/C18H20N2O3S/c21-17(19-8-5-14-2-1-9-24-14)20-11-18(6-7-18)13-3-4-15-16(10-13)23-12-22-15/h1-4,9-10H,5-8,11-12H2,(H2,19,20,21). The molecule has 0 atom stereocenters. The second-order valence-corrected chi connectivity index (χ2v) is 7.32. The number of nitrogens with one attached hydrogen (secondary N) is 2. The van der Waals surface area contributed by atoms with Gasteiger partial charge in [-0.05, 0) is 48.4 Å². The number of thiophene rings is 1. The summed E-state index contributed by atoms with van der Waals surface area (Å²) in [5.41, 5.74) is 1.26. The Bertz CT molecular complexity index is 726. The second-order valence-electron chi connectivity index (χ2n) is 6.29. The number of fused-ring (bicyclic) bond motifs is 1. The van der Waals surface area contributed by atoms with Crippen molar-refractivity contribution in [3.63, 3.8) is 0 Å². The Kier molecular flexibility index (Phi) is 4.06. The van der Waals surface area contributed by atoms with Gasteiger partial charge in [-0.2, -0.15) is 0 Å². The van der Waals surface area contributed by atoms with Crippen LogP contribution in [0.2, 0.25) is 0 Å². The fourth-order valence-corrected chi connectivity index (χ4v) is 3.72. The van der Waals surface area contributed by atoms with Gasteiger partial charge in [0.15, 0.2) is 11.5 Å². The Morgan fingerprint density at radius 1 is 1.17 bits per heavy atom. The van der Waals surface area contributed by atoms with E-state index >= 15 is 0 Å². The number of amides is 2. The fraction of sp³-hybridized carbons (Fsp3) is 0.389. The minimum Gasteiger partial charge on any atom is -0.454 e. The lowest BCUT2D eigenvalue weighted by Gasteiger charge is -2.17. The van der Waals surface area contributed by atoms with E-state index in [2.05, 4.69) is 28.1 Å². The molecule has 24 heavy (non-hydrogen) atoms. The summed E-state index contributed by atoms with van der Waals surface area (Å²) < 4.78 is 10.8. The molecular formula is C18H20N2O3S. The molecule has 0 bridgehead atoms. The molecule has 2 heterocycles. The average molecular weight is 344 g/mol. The predicted octanol–water partition coefficient (Wildman–Crippen LogP) is 3.05. The van der Waals surface area contributed by atoms with Crippen LogP contribution in [0.5, 0.6) is 11.5 Å². The van der Waals surface area contributed by atoms with Crippen molar-refractivity contribution in [3.8, 4) is 11.5 Å². The number of carbonyl (C=O) groups excluding carboxylic acids is 1. The van der Waals surface area contributed by atoms with Crippen LogP contribution in [-0.4, -0.2) is 25.9 Å². The number of ether oxygens (including phenoxy) is 2. The maximum Gasteiger partial charge on any atom is 0.314 e. The summed E-state index contributed by atoms with van der Waals surface area (Å²) in [5.74, 6) is 1.60. The van der Waals surface area contributed by atoms with Crippen molar-refractivity contribution in [2.75, 3.05) is 19.9 Å². The molecule has 4 rings (SSSR count). The number of hydrogen-bond donors (Lipinski definition) is 2. The minimum atomic E-state index is -0.0985. The summed E-state index contributed by atoms with van der Waals surface area (Å²) in [5, 5.41) is 7.99. The van der Waals surface area contributed by atoms with Crippen molar-refractivity contribution >= 4 is 17.4 Å². The van der Waals surface area contributed by atoms with Gasteiger partial charge in [-0.25, -0.2) is 4.79 Å². The van der Waals surface area contributed by atoms with Gasteiger partial charge in [0.2, 0.25) is 6.79 Å². The van der Waals surface area contributed by atoms with E-state index in [1.165, 1.54) is 10.4 Å². The van der Waals surface area contributed by atoms with Crippen molar-refractivity contribution in [3.05, 3.63) is 46.2 Å². The lowest BCUT2D eigenvalue weighted by Crippen LogP contribution is -2.40. The molecule has 1 aromatic carbocycles. The molecule has 2 aromatic rings. The lowest BCUT2D eigenvalue weighted by molar-refractivity contribution is 0.174. The van der Waals surface area contributed by atoms with E-state index in [0.717, 1.165) is 30.8 Å². The van der Waals surface area contributed by atoms with Crippen molar-refractivity contribution in [1.82, 2.24) is 10.6 Å². The van der Waals surface area contributed by atoms with E-state index in [0.29, 0.717) is 13.1 Å². The number of urea groups is 1. The Hall–Kier alpha value is -2.21. The third kappa shape index (κ3) is 3.19. The molecule has 1 fully saturated rings. The third-order valence-corrected chi connectivity index (χ3v) is 5.60. The first-order valence-electron chi connectivity index (χ1n) is 8.19. The van der Waals surface area contributed by atoms with Crippen LogP contribution in [0, 0.1) is 0 Å². The molecule has 0 radical (unpaired) electrons. The topological polar surface area (TPSA) is 59.6 Å². The molecule has 2 aliphatic rings. The monoisotopic (exact) mass is 344 g/mol. The van der Waals surface area contributed by atoms with E-state index in [1.807, 2.05) is 18.2 Å². The SMILES string of the molecule is O=C(NCCc1cccs1)NCC1(c2ccc3c(c2)OCO3)CC1. The van der Waals surface area contributed by atoms with Gasteiger partial charge in [-0.1, -0.05) is 12.1 Å². The lowest BCUT2D eigenvalue weighted by atomic mass is 9.95. The number of carbonyl (C=O) groups is 1. The highest BCUT2D eigenvalue weighted by molar-refractivity contribution is 7.09. The Morgan fingerprint density at radius 2 is 2.04 bits per heavy atom. The quantitative estimate of drug-likeness (QED) is 0.847. The first-order chi connectivity index (χ1) is 11.8. The van der Waals surface area contributed by atoms with Crippen molar-refractivity contribution in [2.45, 2.75) is 24.7 Å². The Labute approximate surface area is 145 Å².